The molecule has 1 aromatic heterocycles. The van der Waals surface area contributed by atoms with Gasteiger partial charge in [0.15, 0.2) is 12.4 Å². The number of nitrogens with one attached hydrogen (secondary N) is 1. The Labute approximate surface area is 123 Å². The second-order valence-corrected chi connectivity index (χ2v) is 4.70. The Morgan fingerprint density at radius 1 is 1.35 bits per heavy atom. The number of halogens is 1. The van der Waals surface area contributed by atoms with E-state index in [1.165, 1.54) is 0 Å². The first kappa shape index (κ1) is 14.8. The van der Waals surface area contributed by atoms with Gasteiger partial charge in [0.25, 0.3) is 5.89 Å². The van der Waals surface area contributed by atoms with Crippen LogP contribution in [0.4, 0.5) is 0 Å². The molecule has 0 fully saturated rings. The molecule has 20 heavy (non-hydrogen) atoms. The number of hydrogen-bond donors (Lipinski definition) is 1. The maximum absolute atomic E-state index is 6.19. The highest BCUT2D eigenvalue weighted by molar-refractivity contribution is 6.32. The Morgan fingerprint density at radius 2 is 2.20 bits per heavy atom. The molecule has 2 rings (SSSR count). The summed E-state index contributed by atoms with van der Waals surface area (Å²) in [6, 6.07) is 5.73. The fourth-order valence-corrected chi connectivity index (χ4v) is 1.93. The molecule has 0 aliphatic heterocycles. The normalized spacial score (nSPS) is 10.8. The molecule has 0 unspecified atom stereocenters. The smallest absolute Gasteiger partial charge is 0.264 e. The molecule has 0 saturated carbocycles. The van der Waals surface area contributed by atoms with Gasteiger partial charge in [0.1, 0.15) is 5.75 Å². The fraction of sp³-hybridized carbons (Fsp3) is 0.429. The Balaban J connectivity index is 1.95. The molecule has 108 valence electrons. The Kier molecular flexibility index (Phi) is 5.38. The van der Waals surface area contributed by atoms with Gasteiger partial charge in [-0.3, -0.25) is 0 Å². The molecule has 5 nitrogen and oxygen atoms in total. The lowest BCUT2D eigenvalue weighted by atomic mass is 10.2. The summed E-state index contributed by atoms with van der Waals surface area (Å²) in [5, 5.41) is 7.63. The van der Waals surface area contributed by atoms with Crippen LogP contribution in [-0.2, 0) is 19.6 Å². The van der Waals surface area contributed by atoms with E-state index in [9.17, 15) is 0 Å². The minimum atomic E-state index is 0.222. The lowest BCUT2D eigenvalue weighted by Gasteiger charge is -2.08. The number of aromatic nitrogens is 2. The summed E-state index contributed by atoms with van der Waals surface area (Å²) in [6.45, 7) is 5.97. The van der Waals surface area contributed by atoms with Crippen molar-refractivity contribution in [2.75, 3.05) is 6.54 Å². The molecule has 1 aromatic carbocycles. The van der Waals surface area contributed by atoms with E-state index in [4.69, 9.17) is 20.9 Å². The highest BCUT2D eigenvalue weighted by Crippen LogP contribution is 2.26. The van der Waals surface area contributed by atoms with Crippen molar-refractivity contribution in [2.45, 2.75) is 33.4 Å². The fourth-order valence-electron chi connectivity index (χ4n) is 1.67. The van der Waals surface area contributed by atoms with E-state index in [0.717, 1.165) is 25.1 Å². The molecule has 0 saturated heterocycles. The van der Waals surface area contributed by atoms with Crippen LogP contribution >= 0.6 is 11.6 Å². The second-order valence-electron chi connectivity index (χ2n) is 4.29. The minimum absolute atomic E-state index is 0.222. The van der Waals surface area contributed by atoms with Crippen molar-refractivity contribution in [3.05, 3.63) is 40.5 Å². The van der Waals surface area contributed by atoms with Crippen molar-refractivity contribution in [1.82, 2.24) is 15.5 Å². The number of hydrogen-bond acceptors (Lipinski definition) is 5. The third-order valence-corrected chi connectivity index (χ3v) is 3.05. The quantitative estimate of drug-likeness (QED) is 0.851. The zero-order chi connectivity index (χ0) is 14.4. The molecule has 1 heterocycles. The van der Waals surface area contributed by atoms with E-state index in [1.807, 2.05) is 25.1 Å². The van der Waals surface area contributed by atoms with E-state index in [-0.39, 0.29) is 6.61 Å². The minimum Gasteiger partial charge on any atom is -0.482 e. The van der Waals surface area contributed by atoms with Crippen LogP contribution in [0.25, 0.3) is 0 Å². The van der Waals surface area contributed by atoms with Gasteiger partial charge in [0.2, 0.25) is 0 Å². The molecule has 0 aliphatic carbocycles. The molecule has 0 atom stereocenters. The molecule has 6 heteroatoms. The second kappa shape index (κ2) is 7.26. The van der Waals surface area contributed by atoms with Crippen LogP contribution in [0, 0.1) is 0 Å². The van der Waals surface area contributed by atoms with Gasteiger partial charge in [0, 0.05) is 13.0 Å². The van der Waals surface area contributed by atoms with Gasteiger partial charge in [-0.25, -0.2) is 0 Å². The summed E-state index contributed by atoms with van der Waals surface area (Å²) < 4.78 is 10.6. The van der Waals surface area contributed by atoms with Crippen molar-refractivity contribution < 1.29 is 9.26 Å². The van der Waals surface area contributed by atoms with E-state index in [1.54, 1.807) is 0 Å². The molecule has 0 radical (unpaired) electrons. The first-order valence-electron chi connectivity index (χ1n) is 6.66. The first-order valence-corrected chi connectivity index (χ1v) is 7.04. The summed E-state index contributed by atoms with van der Waals surface area (Å²) >= 11 is 6.19. The standard InChI is InChI=1S/C14H18ClN3O2/c1-3-13-17-14(20-18-13)9-19-12-6-5-10(7-11(12)15)8-16-4-2/h5-7,16H,3-4,8-9H2,1-2H3. The van der Waals surface area contributed by atoms with Gasteiger partial charge >= 0.3 is 0 Å². The average molecular weight is 296 g/mol. The van der Waals surface area contributed by atoms with Gasteiger partial charge in [-0.2, -0.15) is 4.98 Å². The lowest BCUT2D eigenvalue weighted by Crippen LogP contribution is -2.11. The molecular weight excluding hydrogens is 278 g/mol. The molecule has 0 spiro atoms. The molecule has 0 aliphatic rings. The average Bonchev–Trinajstić information content (AvgIpc) is 2.92. The monoisotopic (exact) mass is 295 g/mol. The van der Waals surface area contributed by atoms with Gasteiger partial charge < -0.3 is 14.6 Å². The van der Waals surface area contributed by atoms with Crippen LogP contribution in [0.1, 0.15) is 31.1 Å². The van der Waals surface area contributed by atoms with Crippen molar-refractivity contribution in [1.29, 1.82) is 0 Å². The maximum Gasteiger partial charge on any atom is 0.264 e. The number of rotatable bonds is 7. The van der Waals surface area contributed by atoms with Crippen LogP contribution in [0.15, 0.2) is 22.7 Å². The summed E-state index contributed by atoms with van der Waals surface area (Å²) in [6.07, 6.45) is 0.739. The Hall–Kier alpha value is -1.59. The topological polar surface area (TPSA) is 60.2 Å². The molecule has 0 amide bonds. The van der Waals surface area contributed by atoms with Crippen molar-refractivity contribution in [3.8, 4) is 5.75 Å². The summed E-state index contributed by atoms with van der Waals surface area (Å²) in [5.74, 6) is 1.74. The van der Waals surface area contributed by atoms with E-state index in [2.05, 4.69) is 22.4 Å². The maximum atomic E-state index is 6.19. The first-order chi connectivity index (χ1) is 9.72. The highest BCUT2D eigenvalue weighted by Gasteiger charge is 2.08. The van der Waals surface area contributed by atoms with Crippen molar-refractivity contribution >= 4 is 11.6 Å². The van der Waals surface area contributed by atoms with Gasteiger partial charge in [-0.1, -0.05) is 36.7 Å². The molecule has 2 aromatic rings. The third kappa shape index (κ3) is 3.95. The molecular formula is C14H18ClN3O2. The Morgan fingerprint density at radius 3 is 2.85 bits per heavy atom. The van der Waals surface area contributed by atoms with E-state index < -0.39 is 0 Å². The Bertz CT molecular complexity index is 557. The van der Waals surface area contributed by atoms with Crippen LogP contribution in [0.3, 0.4) is 0 Å². The number of ether oxygens (including phenoxy) is 1. The van der Waals surface area contributed by atoms with Crippen LogP contribution in [0.5, 0.6) is 5.75 Å². The number of nitrogens with zero attached hydrogens (tertiary/aromatic N) is 2. The van der Waals surface area contributed by atoms with Gasteiger partial charge in [-0.05, 0) is 24.2 Å². The summed E-state index contributed by atoms with van der Waals surface area (Å²) in [5.41, 5.74) is 1.12. The molecule has 1 N–H and O–H groups in total. The summed E-state index contributed by atoms with van der Waals surface area (Å²) in [4.78, 5) is 4.18. The number of aryl methyl sites for hydroxylation is 1. The van der Waals surface area contributed by atoms with Gasteiger partial charge in [-0.15, -0.1) is 0 Å². The highest BCUT2D eigenvalue weighted by atomic mass is 35.5. The third-order valence-electron chi connectivity index (χ3n) is 2.75. The predicted molar refractivity (Wildman–Crippen MR) is 76.8 cm³/mol. The SMILES string of the molecule is CCNCc1ccc(OCc2nc(CC)no2)c(Cl)c1. The van der Waals surface area contributed by atoms with Gasteiger partial charge in [0.05, 0.1) is 5.02 Å². The largest absolute Gasteiger partial charge is 0.482 e. The molecule has 0 bridgehead atoms. The van der Waals surface area contributed by atoms with Crippen LogP contribution in [0.2, 0.25) is 5.02 Å². The van der Waals surface area contributed by atoms with E-state index >= 15 is 0 Å². The zero-order valence-corrected chi connectivity index (χ0v) is 12.4. The van der Waals surface area contributed by atoms with Crippen molar-refractivity contribution in [3.63, 3.8) is 0 Å². The summed E-state index contributed by atoms with van der Waals surface area (Å²) in [7, 11) is 0. The van der Waals surface area contributed by atoms with Crippen LogP contribution in [-0.4, -0.2) is 16.7 Å². The van der Waals surface area contributed by atoms with Crippen molar-refractivity contribution in [2.24, 2.45) is 0 Å². The lowest BCUT2D eigenvalue weighted by molar-refractivity contribution is 0.242. The zero-order valence-electron chi connectivity index (χ0n) is 11.6. The van der Waals surface area contributed by atoms with Crippen LogP contribution < -0.4 is 10.1 Å². The number of benzene rings is 1. The predicted octanol–water partition coefficient (Wildman–Crippen LogP) is 2.97. The van der Waals surface area contributed by atoms with E-state index in [0.29, 0.717) is 22.5 Å².